The van der Waals surface area contributed by atoms with E-state index in [2.05, 4.69) is 44.9 Å². The molecule has 2 bridgehead atoms. The van der Waals surface area contributed by atoms with Gasteiger partial charge in [0, 0.05) is 25.5 Å². The minimum absolute atomic E-state index is 0.00509. The van der Waals surface area contributed by atoms with Gasteiger partial charge in [0.05, 0.1) is 17.6 Å². The van der Waals surface area contributed by atoms with Crippen molar-refractivity contribution in [3.63, 3.8) is 0 Å². The highest BCUT2D eigenvalue weighted by Gasteiger charge is 2.68. The molecule has 12 nitrogen and oxygen atoms in total. The summed E-state index contributed by atoms with van der Waals surface area (Å²) in [6, 6.07) is 0. The van der Waals surface area contributed by atoms with E-state index in [0.29, 0.717) is 37.7 Å². The maximum Gasteiger partial charge on any atom is 0.481 e. The molecule has 1 aliphatic heterocycles. The fraction of sp³-hybridized carbons (Fsp3) is 0.885. The summed E-state index contributed by atoms with van der Waals surface area (Å²) in [6.07, 6.45) is 3.58. The molecule has 0 radical (unpaired) electrons. The highest BCUT2D eigenvalue weighted by molar-refractivity contribution is 6.47. The third-order valence-corrected chi connectivity index (χ3v) is 8.86. The molecule has 1 heterocycles. The summed E-state index contributed by atoms with van der Waals surface area (Å²) in [5.41, 5.74) is 7.10. The molecule has 220 valence electrons. The minimum atomic E-state index is -0.787. The van der Waals surface area contributed by atoms with Gasteiger partial charge in [-0.1, -0.05) is 33.1 Å². The smallest absolute Gasteiger partial charge is 0.404 e. The molecule has 0 unspecified atom stereocenters. The number of nitrogens with two attached hydrogens (primary N) is 1. The number of ketones is 1. The number of hydrogen-bond acceptors (Lipinski definition) is 8. The van der Waals surface area contributed by atoms with Crippen LogP contribution in [0, 0.1) is 39.2 Å². The molecule has 13 heteroatoms. The summed E-state index contributed by atoms with van der Waals surface area (Å²) >= 11 is 0. The molecule has 0 aromatic heterocycles. The molecule has 1 saturated heterocycles. The van der Waals surface area contributed by atoms with Gasteiger partial charge in [0.1, 0.15) is 6.61 Å². The van der Waals surface area contributed by atoms with Crippen molar-refractivity contribution in [1.29, 1.82) is 0 Å². The molecule has 3 saturated carbocycles. The average molecular weight is 551 g/mol. The zero-order chi connectivity index (χ0) is 29.0. The van der Waals surface area contributed by atoms with Crippen molar-refractivity contribution in [2.75, 3.05) is 19.8 Å². The predicted molar refractivity (Wildman–Crippen MR) is 147 cm³/mol. The van der Waals surface area contributed by atoms with Crippen molar-refractivity contribution in [2.24, 2.45) is 39.8 Å². The van der Waals surface area contributed by atoms with Crippen molar-refractivity contribution in [2.45, 2.75) is 97.7 Å². The second-order valence-corrected chi connectivity index (χ2v) is 12.4. The summed E-state index contributed by atoms with van der Waals surface area (Å²) in [5.74, 6) is -0.368. The minimum Gasteiger partial charge on any atom is -0.404 e. The van der Waals surface area contributed by atoms with Gasteiger partial charge in [-0.05, 0) is 69.1 Å². The van der Waals surface area contributed by atoms with Crippen molar-refractivity contribution in [1.82, 2.24) is 10.7 Å². The van der Waals surface area contributed by atoms with Crippen LogP contribution < -0.4 is 16.5 Å². The lowest BCUT2D eigenvalue weighted by molar-refractivity contribution is -0.525. The summed E-state index contributed by atoms with van der Waals surface area (Å²) in [7, 11) is -0.557. The number of hydrogen-bond donors (Lipinski definition) is 3. The van der Waals surface area contributed by atoms with Crippen molar-refractivity contribution >= 4 is 24.8 Å². The van der Waals surface area contributed by atoms with Gasteiger partial charge in [-0.25, -0.2) is 15.1 Å². The number of rotatable bonds is 15. The van der Waals surface area contributed by atoms with Gasteiger partial charge in [-0.2, -0.15) is 0 Å². The van der Waals surface area contributed by atoms with E-state index in [1.165, 1.54) is 0 Å². The largest absolute Gasteiger partial charge is 0.481 e. The molecule has 39 heavy (non-hydrogen) atoms. The number of carbonyl (C=O) groups is 2. The lowest BCUT2D eigenvalue weighted by atomic mass is 9.43. The van der Waals surface area contributed by atoms with Crippen molar-refractivity contribution in [3.8, 4) is 0 Å². The Morgan fingerprint density at radius 2 is 2.00 bits per heavy atom. The maximum absolute atomic E-state index is 13.6. The van der Waals surface area contributed by atoms with Crippen LogP contribution in [-0.2, 0) is 23.6 Å². The number of guanidine groups is 1. The van der Waals surface area contributed by atoms with Crippen LogP contribution in [0.15, 0.2) is 4.99 Å². The Hall–Kier alpha value is -2.25. The molecule has 4 fully saturated rings. The van der Waals surface area contributed by atoms with Crippen LogP contribution in [0.5, 0.6) is 0 Å². The third kappa shape index (κ3) is 7.49. The van der Waals surface area contributed by atoms with Crippen LogP contribution in [0.2, 0.25) is 0 Å². The fourth-order valence-corrected chi connectivity index (χ4v) is 6.66. The van der Waals surface area contributed by atoms with Gasteiger partial charge < -0.3 is 25.1 Å². The highest BCUT2D eigenvalue weighted by Crippen LogP contribution is 2.65. The zero-order valence-electron chi connectivity index (χ0n) is 24.2. The summed E-state index contributed by atoms with van der Waals surface area (Å²) < 4.78 is 18.4. The third-order valence-electron chi connectivity index (χ3n) is 8.86. The van der Waals surface area contributed by atoms with Gasteiger partial charge in [-0.15, -0.1) is 0 Å². The molecule has 0 aromatic carbocycles. The van der Waals surface area contributed by atoms with Crippen LogP contribution in [0.3, 0.4) is 0 Å². The monoisotopic (exact) mass is 551 g/mol. The van der Waals surface area contributed by atoms with E-state index in [0.717, 1.165) is 12.8 Å². The first-order chi connectivity index (χ1) is 18.3. The second-order valence-electron chi connectivity index (χ2n) is 12.4. The number of aliphatic imine (C=N–C) groups is 1. The van der Waals surface area contributed by atoms with Gasteiger partial charge in [0.25, 0.3) is 5.96 Å². The molecule has 0 aromatic rings. The molecule has 0 spiro atoms. The van der Waals surface area contributed by atoms with E-state index in [4.69, 9.17) is 19.8 Å². The van der Waals surface area contributed by atoms with E-state index in [-0.39, 0.29) is 66.2 Å². The number of hydrazine groups is 1. The summed E-state index contributed by atoms with van der Waals surface area (Å²) in [5, 5.41) is 12.9. The quantitative estimate of drug-likeness (QED) is 0.0691. The lowest BCUT2D eigenvalue weighted by Gasteiger charge is -2.64. The molecule has 4 rings (SSSR count). The maximum atomic E-state index is 13.6. The number of nitrogens with zero attached hydrogens (tertiary/aromatic N) is 2. The van der Waals surface area contributed by atoms with Crippen LogP contribution >= 0.6 is 0 Å². The number of amides is 1. The number of carbonyl (C=O) groups excluding carboxylic acids is 2. The van der Waals surface area contributed by atoms with Crippen LogP contribution in [0.4, 0.5) is 0 Å². The molecule has 1 amide bonds. The number of nitrogens with one attached hydrogen (secondary N) is 2. The standard InChI is InChI=1S/C26H46BN5O7/c1-7-37-15-19(33)12-17(9-8-10-29-24(28)31-32(35)36)23(34)30-22(11-16(2)3)27-38-21-14-18-13-20(25(18,4)5)26(21,6)39-27/h16-18,20-22H,7-15H2,1-6H3,(H,30,34)(H3,28,29,31)/t17-,18-,20-,21-,22+,26+/m1/s1. The van der Waals surface area contributed by atoms with Gasteiger partial charge in [0.2, 0.25) is 5.91 Å². The van der Waals surface area contributed by atoms with Crippen LogP contribution in [0.1, 0.15) is 80.1 Å². The van der Waals surface area contributed by atoms with Gasteiger partial charge in [0.15, 0.2) is 10.8 Å². The topological polar surface area (TPSA) is 167 Å². The number of nitro groups is 1. The molecular weight excluding hydrogens is 505 g/mol. The number of ether oxygens (including phenoxy) is 1. The Bertz CT molecular complexity index is 932. The summed E-state index contributed by atoms with van der Waals surface area (Å²) in [4.78, 5) is 40.5. The van der Waals surface area contributed by atoms with Crippen molar-refractivity contribution in [3.05, 3.63) is 10.1 Å². The van der Waals surface area contributed by atoms with E-state index < -0.39 is 18.1 Å². The molecule has 3 aliphatic carbocycles. The average Bonchev–Trinajstić information content (AvgIpc) is 3.20. The fourth-order valence-electron chi connectivity index (χ4n) is 6.66. The highest BCUT2D eigenvalue weighted by atomic mass is 16.7. The summed E-state index contributed by atoms with van der Waals surface area (Å²) in [6.45, 7) is 13.3. The normalized spacial score (nSPS) is 28.8. The Morgan fingerprint density at radius 1 is 1.28 bits per heavy atom. The Morgan fingerprint density at radius 3 is 2.62 bits per heavy atom. The molecule has 4 N–H and O–H groups in total. The zero-order valence-corrected chi connectivity index (χ0v) is 24.2. The first-order valence-corrected chi connectivity index (χ1v) is 14.2. The first-order valence-electron chi connectivity index (χ1n) is 14.2. The first kappa shape index (κ1) is 31.3. The van der Waals surface area contributed by atoms with E-state index in [1.54, 1.807) is 12.3 Å². The van der Waals surface area contributed by atoms with E-state index >= 15 is 0 Å². The van der Waals surface area contributed by atoms with Crippen LogP contribution in [-0.4, -0.2) is 67.2 Å². The number of Topliss-reactive ketones (excluding diaryl/α,β-unsaturated/α-hetero) is 1. The molecule has 6 atom stereocenters. The van der Waals surface area contributed by atoms with Gasteiger partial charge >= 0.3 is 7.12 Å². The lowest BCUT2D eigenvalue weighted by Crippen LogP contribution is -2.65. The Labute approximate surface area is 231 Å². The SMILES string of the molecule is CCOCC(=O)C[C@@H](CCCN=C(N)N[N+](=O)[O-])C(=O)N[C@@H](CC(C)C)B1O[C@@H]2C[C@H]3C[C@H](C3(C)C)[C@]2(C)O1. The Kier molecular flexibility index (Phi) is 10.4. The molecule has 4 aliphatic rings. The molecular formula is C26H46BN5O7. The van der Waals surface area contributed by atoms with Crippen molar-refractivity contribution < 1.29 is 28.7 Å². The second kappa shape index (κ2) is 12.9. The van der Waals surface area contributed by atoms with Crippen LogP contribution in [0.25, 0.3) is 0 Å². The Balaban J connectivity index is 1.68. The predicted octanol–water partition coefficient (Wildman–Crippen LogP) is 2.27. The van der Waals surface area contributed by atoms with E-state index in [1.807, 2.05) is 0 Å². The van der Waals surface area contributed by atoms with E-state index in [9.17, 15) is 19.7 Å². The van der Waals surface area contributed by atoms with Gasteiger partial charge in [-0.3, -0.25) is 9.59 Å².